The van der Waals surface area contributed by atoms with Gasteiger partial charge >= 0.3 is 0 Å². The second kappa shape index (κ2) is 7.97. The van der Waals surface area contributed by atoms with Crippen LogP contribution in [0.3, 0.4) is 0 Å². The Morgan fingerprint density at radius 1 is 0.917 bits per heavy atom. The van der Waals surface area contributed by atoms with Crippen LogP contribution in [0.4, 0.5) is 0 Å². The smallest absolute Gasteiger partial charge is 0.192 e. The molecule has 0 amide bonds. The van der Waals surface area contributed by atoms with Gasteiger partial charge in [-0.2, -0.15) is 0 Å². The largest absolute Gasteiger partial charge is 0.497 e. The van der Waals surface area contributed by atoms with E-state index >= 15 is 0 Å². The fourth-order valence-electron chi connectivity index (χ4n) is 1.94. The monoisotopic (exact) mass is 320 g/mol. The number of carbonyl (C=O) groups is 1. The maximum atomic E-state index is 12.3. The van der Waals surface area contributed by atoms with Crippen molar-refractivity contribution < 1.29 is 14.3 Å². The molecule has 0 saturated heterocycles. The third-order valence-electron chi connectivity index (χ3n) is 3.40. The molecule has 0 radical (unpaired) electrons. The lowest BCUT2D eigenvalue weighted by Gasteiger charge is -2.07. The number of hydrogen-bond acceptors (Lipinski definition) is 3. The van der Waals surface area contributed by atoms with Crippen LogP contribution in [0, 0.1) is 6.92 Å². The summed E-state index contributed by atoms with van der Waals surface area (Å²) in [5.41, 5.74) is 2.08. The highest BCUT2D eigenvalue weighted by Gasteiger charge is 2.08. The summed E-state index contributed by atoms with van der Waals surface area (Å²) in [4.78, 5) is 12.3. The van der Waals surface area contributed by atoms with Crippen molar-refractivity contribution in [1.29, 1.82) is 0 Å². The Kier molecular flexibility index (Phi) is 5.74. The van der Waals surface area contributed by atoms with Gasteiger partial charge in [0.15, 0.2) is 5.78 Å². The third kappa shape index (κ3) is 4.71. The molecule has 0 unspecified atom stereocenters. The second-order valence-electron chi connectivity index (χ2n) is 5.30. The number of allylic oxidation sites excluding steroid dienone is 3. The number of carbonyl (C=O) groups excluding carboxylic acids is 1. The number of methoxy groups -OCH3 is 1. The van der Waals surface area contributed by atoms with Crippen molar-refractivity contribution in [3.63, 3.8) is 0 Å². The molecule has 122 valence electrons. The first kappa shape index (κ1) is 17.3. The number of hydrogen-bond donors (Lipinski definition) is 0. The summed E-state index contributed by atoms with van der Waals surface area (Å²) in [6.07, 6.45) is 3.19. The van der Waals surface area contributed by atoms with Gasteiger partial charge in [-0.3, -0.25) is 4.79 Å². The van der Waals surface area contributed by atoms with E-state index in [1.807, 2.05) is 31.2 Å². The van der Waals surface area contributed by atoms with Gasteiger partial charge in [0.05, 0.1) is 7.11 Å². The molecule has 0 atom stereocenters. The molecule has 0 N–H and O–H groups in total. The highest BCUT2D eigenvalue weighted by atomic mass is 16.5. The molecule has 3 nitrogen and oxygen atoms in total. The SMILES string of the molecule is C=C(/C=C\C(=C)C(=O)c1ccc(Oc2ccc(C)cc2)cc1)OC. The zero-order valence-corrected chi connectivity index (χ0v) is 13.9. The maximum absolute atomic E-state index is 12.3. The average Bonchev–Trinajstić information content (AvgIpc) is 2.61. The Hall–Kier alpha value is -3.07. The average molecular weight is 320 g/mol. The van der Waals surface area contributed by atoms with Crippen LogP contribution in [0.1, 0.15) is 15.9 Å². The van der Waals surface area contributed by atoms with Crippen molar-refractivity contribution in [2.24, 2.45) is 0 Å². The molecule has 3 heteroatoms. The molecule has 0 aromatic heterocycles. The Labute approximate surface area is 142 Å². The lowest BCUT2D eigenvalue weighted by Crippen LogP contribution is -2.00. The normalized spacial score (nSPS) is 10.4. The van der Waals surface area contributed by atoms with Crippen molar-refractivity contribution in [3.05, 3.63) is 96.3 Å². The Morgan fingerprint density at radius 3 is 2.00 bits per heavy atom. The summed E-state index contributed by atoms with van der Waals surface area (Å²) < 4.78 is 10.7. The molecule has 2 aromatic rings. The summed E-state index contributed by atoms with van der Waals surface area (Å²) in [6.45, 7) is 9.45. The summed E-state index contributed by atoms with van der Waals surface area (Å²) in [6, 6.07) is 14.7. The zero-order chi connectivity index (χ0) is 17.5. The topological polar surface area (TPSA) is 35.5 Å². The van der Waals surface area contributed by atoms with Gasteiger partial charge in [-0.1, -0.05) is 30.9 Å². The van der Waals surface area contributed by atoms with E-state index in [0.717, 1.165) is 5.75 Å². The Bertz CT molecular complexity index is 766. The Morgan fingerprint density at radius 2 is 1.46 bits per heavy atom. The predicted molar refractivity (Wildman–Crippen MR) is 96.5 cm³/mol. The van der Waals surface area contributed by atoms with Gasteiger partial charge in [0.2, 0.25) is 0 Å². The fourth-order valence-corrected chi connectivity index (χ4v) is 1.94. The van der Waals surface area contributed by atoms with Crippen LogP contribution < -0.4 is 4.74 Å². The van der Waals surface area contributed by atoms with Gasteiger partial charge in [0, 0.05) is 11.1 Å². The number of Topliss-reactive ketones (excluding diaryl/α,β-unsaturated/α-hetero) is 1. The first-order valence-electron chi connectivity index (χ1n) is 7.49. The second-order valence-corrected chi connectivity index (χ2v) is 5.30. The highest BCUT2D eigenvalue weighted by Crippen LogP contribution is 2.22. The molecule has 0 heterocycles. The van der Waals surface area contributed by atoms with Crippen LogP contribution in [-0.2, 0) is 4.74 Å². The zero-order valence-electron chi connectivity index (χ0n) is 13.9. The molecule has 0 bridgehead atoms. The van der Waals surface area contributed by atoms with Crippen molar-refractivity contribution >= 4 is 5.78 Å². The first-order chi connectivity index (χ1) is 11.5. The molecule has 0 aliphatic rings. The predicted octanol–water partition coefficient (Wildman–Crippen LogP) is 5.24. The molecular weight excluding hydrogens is 300 g/mol. The van der Waals surface area contributed by atoms with Crippen LogP contribution in [0.5, 0.6) is 11.5 Å². The van der Waals surface area contributed by atoms with Crippen LogP contribution in [0.25, 0.3) is 0 Å². The van der Waals surface area contributed by atoms with Gasteiger partial charge in [-0.05, 0) is 55.5 Å². The summed E-state index contributed by atoms with van der Waals surface area (Å²) in [7, 11) is 1.52. The van der Waals surface area contributed by atoms with E-state index in [2.05, 4.69) is 13.2 Å². The fraction of sp³-hybridized carbons (Fsp3) is 0.0952. The molecule has 0 aliphatic heterocycles. The number of aryl methyl sites for hydroxylation is 1. The van der Waals surface area contributed by atoms with E-state index in [0.29, 0.717) is 22.6 Å². The van der Waals surface area contributed by atoms with E-state index in [-0.39, 0.29) is 5.78 Å². The van der Waals surface area contributed by atoms with Crippen molar-refractivity contribution in [3.8, 4) is 11.5 Å². The van der Waals surface area contributed by atoms with E-state index in [1.165, 1.54) is 12.7 Å². The van der Waals surface area contributed by atoms with Gasteiger partial charge < -0.3 is 9.47 Å². The van der Waals surface area contributed by atoms with Crippen molar-refractivity contribution in [1.82, 2.24) is 0 Å². The highest BCUT2D eigenvalue weighted by molar-refractivity contribution is 6.10. The minimum Gasteiger partial charge on any atom is -0.497 e. The van der Waals surface area contributed by atoms with Gasteiger partial charge in [0.25, 0.3) is 0 Å². The summed E-state index contributed by atoms with van der Waals surface area (Å²) >= 11 is 0. The molecule has 2 rings (SSSR count). The Balaban J connectivity index is 2.04. The molecule has 0 aliphatic carbocycles. The van der Waals surface area contributed by atoms with Crippen molar-refractivity contribution in [2.75, 3.05) is 7.11 Å². The summed E-state index contributed by atoms with van der Waals surface area (Å²) in [5, 5.41) is 0. The van der Waals surface area contributed by atoms with Crippen LogP contribution in [0.2, 0.25) is 0 Å². The number of rotatable bonds is 7. The lowest BCUT2D eigenvalue weighted by atomic mass is 10.0. The molecular formula is C21H20O3. The minimum atomic E-state index is -0.156. The minimum absolute atomic E-state index is 0.156. The molecule has 0 spiro atoms. The number of benzene rings is 2. The lowest BCUT2D eigenvalue weighted by molar-refractivity contribution is 0.103. The van der Waals surface area contributed by atoms with Crippen LogP contribution in [-0.4, -0.2) is 12.9 Å². The van der Waals surface area contributed by atoms with Gasteiger partial charge in [-0.15, -0.1) is 0 Å². The molecule has 0 saturated carbocycles. The molecule has 2 aromatic carbocycles. The number of ether oxygens (including phenoxy) is 2. The number of ketones is 1. The maximum Gasteiger partial charge on any atom is 0.192 e. The van der Waals surface area contributed by atoms with E-state index in [4.69, 9.17) is 9.47 Å². The standard InChI is InChI=1S/C21H20O3/c1-15-5-11-19(12-6-15)24-20-13-9-18(10-14-20)21(22)16(2)7-8-17(3)23-4/h5-14H,2-3H2,1,4H3/b8-7-. The van der Waals surface area contributed by atoms with Crippen molar-refractivity contribution in [2.45, 2.75) is 6.92 Å². The van der Waals surface area contributed by atoms with Crippen LogP contribution in [0.15, 0.2) is 85.2 Å². The van der Waals surface area contributed by atoms with Gasteiger partial charge in [0.1, 0.15) is 17.3 Å². The van der Waals surface area contributed by atoms with E-state index in [1.54, 1.807) is 36.4 Å². The van der Waals surface area contributed by atoms with E-state index < -0.39 is 0 Å². The van der Waals surface area contributed by atoms with Crippen LogP contribution >= 0.6 is 0 Å². The first-order valence-corrected chi connectivity index (χ1v) is 7.49. The third-order valence-corrected chi connectivity index (χ3v) is 3.40. The van der Waals surface area contributed by atoms with E-state index in [9.17, 15) is 4.79 Å². The quantitative estimate of drug-likeness (QED) is 0.303. The summed E-state index contributed by atoms with van der Waals surface area (Å²) in [5.74, 6) is 1.73. The van der Waals surface area contributed by atoms with Gasteiger partial charge in [-0.25, -0.2) is 0 Å². The molecule has 24 heavy (non-hydrogen) atoms. The molecule has 0 fully saturated rings.